The molecule has 3 aromatic heterocycles. The van der Waals surface area contributed by atoms with Gasteiger partial charge in [0, 0.05) is 23.2 Å². The number of rotatable bonds is 5. The Hall–Kier alpha value is -3.31. The van der Waals surface area contributed by atoms with Gasteiger partial charge in [-0.2, -0.15) is 5.10 Å². The van der Waals surface area contributed by atoms with Crippen molar-refractivity contribution in [2.45, 2.75) is 44.0 Å². The quantitative estimate of drug-likeness (QED) is 0.341. The minimum atomic E-state index is -1.10. The largest absolute Gasteiger partial charge is 0.393 e. The third-order valence-electron chi connectivity index (χ3n) is 6.44. The van der Waals surface area contributed by atoms with Crippen LogP contribution in [0.4, 0.5) is 20.3 Å². The zero-order valence-corrected chi connectivity index (χ0v) is 18.5. The number of aliphatic hydroxyl groups excluding tert-OH is 1. The van der Waals surface area contributed by atoms with Crippen LogP contribution in [0.3, 0.4) is 0 Å². The average Bonchev–Trinajstić information content (AvgIpc) is 3.17. The summed E-state index contributed by atoms with van der Waals surface area (Å²) in [7, 11) is 0. The van der Waals surface area contributed by atoms with Gasteiger partial charge in [0.15, 0.2) is 17.3 Å². The Morgan fingerprint density at radius 2 is 2.09 bits per heavy atom. The minimum absolute atomic E-state index is 0.0738. The molecule has 2 aliphatic carbocycles. The molecule has 176 valence electrons. The number of carbonyl (C=O) groups excluding carboxylic acids is 1. The summed E-state index contributed by atoms with van der Waals surface area (Å²) in [6, 6.07) is -0.0738. The Morgan fingerprint density at radius 1 is 1.26 bits per heavy atom. The maximum atomic E-state index is 15.5. The highest BCUT2D eigenvalue weighted by Gasteiger charge is 2.43. The first-order chi connectivity index (χ1) is 16.4. The SMILES string of the molecule is O=C(Nc1cn2cc(-c3c(Cl)c(F)c(N[C@@H]4CC[C@H](O)C4)c4[nH]ncc34)ncc2n1)[C@@H]1C[C@@H]1F. The lowest BCUT2D eigenvalue weighted by Gasteiger charge is -2.17. The average molecular weight is 488 g/mol. The van der Waals surface area contributed by atoms with Crippen molar-refractivity contribution < 1.29 is 18.7 Å². The molecule has 9 nitrogen and oxygen atoms in total. The summed E-state index contributed by atoms with van der Waals surface area (Å²) in [5.74, 6) is -1.41. The highest BCUT2D eigenvalue weighted by molar-refractivity contribution is 6.35. The number of aromatic nitrogens is 5. The summed E-state index contributed by atoms with van der Waals surface area (Å²) < 4.78 is 30.2. The van der Waals surface area contributed by atoms with Crippen molar-refractivity contribution in [1.82, 2.24) is 24.6 Å². The predicted molar refractivity (Wildman–Crippen MR) is 122 cm³/mol. The number of hydrogen-bond donors (Lipinski definition) is 4. The molecule has 0 unspecified atom stereocenters. The Bertz CT molecular complexity index is 1440. The second-order valence-electron chi connectivity index (χ2n) is 8.86. The maximum Gasteiger partial charge on any atom is 0.231 e. The van der Waals surface area contributed by atoms with Gasteiger partial charge < -0.3 is 20.1 Å². The Kier molecular flexibility index (Phi) is 4.92. The van der Waals surface area contributed by atoms with E-state index in [2.05, 4.69) is 30.8 Å². The lowest BCUT2D eigenvalue weighted by molar-refractivity contribution is -0.117. The van der Waals surface area contributed by atoms with E-state index in [1.54, 1.807) is 23.0 Å². The highest BCUT2D eigenvalue weighted by atomic mass is 35.5. The molecular weight excluding hydrogens is 468 g/mol. The number of aliphatic hydroxyl groups is 1. The second kappa shape index (κ2) is 7.88. The number of amides is 1. The summed E-state index contributed by atoms with van der Waals surface area (Å²) in [4.78, 5) is 20.7. The van der Waals surface area contributed by atoms with Crippen LogP contribution in [0.15, 0.2) is 24.8 Å². The first-order valence-electron chi connectivity index (χ1n) is 11.0. The Morgan fingerprint density at radius 3 is 2.82 bits per heavy atom. The molecule has 2 saturated carbocycles. The molecule has 1 amide bonds. The van der Waals surface area contributed by atoms with Crippen molar-refractivity contribution in [3.05, 3.63) is 35.6 Å². The molecule has 12 heteroatoms. The first kappa shape index (κ1) is 21.2. The van der Waals surface area contributed by atoms with E-state index >= 15 is 4.39 Å². The van der Waals surface area contributed by atoms with Crippen LogP contribution in [0.1, 0.15) is 25.7 Å². The van der Waals surface area contributed by atoms with Gasteiger partial charge in [-0.05, 0) is 25.7 Å². The van der Waals surface area contributed by atoms with Crippen LogP contribution in [-0.2, 0) is 4.79 Å². The summed E-state index contributed by atoms with van der Waals surface area (Å²) in [5.41, 5.74) is 1.85. The zero-order chi connectivity index (χ0) is 23.6. The number of nitrogens with one attached hydrogen (secondary N) is 3. The van der Waals surface area contributed by atoms with Crippen molar-refractivity contribution in [3.63, 3.8) is 0 Å². The smallest absolute Gasteiger partial charge is 0.231 e. The second-order valence-corrected chi connectivity index (χ2v) is 9.23. The molecular formula is C22H20ClF2N7O2. The van der Waals surface area contributed by atoms with Crippen molar-refractivity contribution in [2.24, 2.45) is 5.92 Å². The molecule has 34 heavy (non-hydrogen) atoms. The van der Waals surface area contributed by atoms with Gasteiger partial charge in [-0.3, -0.25) is 14.9 Å². The molecule has 0 spiro atoms. The minimum Gasteiger partial charge on any atom is -0.393 e. The van der Waals surface area contributed by atoms with Crippen molar-refractivity contribution >= 4 is 45.6 Å². The van der Waals surface area contributed by atoms with Crippen LogP contribution in [0.2, 0.25) is 5.02 Å². The lowest BCUT2D eigenvalue weighted by Crippen LogP contribution is -2.18. The zero-order valence-electron chi connectivity index (χ0n) is 17.7. The van der Waals surface area contributed by atoms with Crippen LogP contribution < -0.4 is 10.6 Å². The standard InChI is InChI=1S/C22H20ClF2N7O2/c23-18-17(12-5-27-31-20(12)21(19(18)25)28-9-1-2-10(33)3-9)14-7-32-8-15(29-16(32)6-26-14)30-22(34)11-4-13(11)24/h5-11,13,28,33H,1-4H2,(H,27,31)(H,30,34)/t9-,10+,11-,13+/m1/s1. The van der Waals surface area contributed by atoms with E-state index in [9.17, 15) is 14.3 Å². The molecule has 6 rings (SSSR count). The van der Waals surface area contributed by atoms with Gasteiger partial charge in [0.25, 0.3) is 0 Å². The third kappa shape index (κ3) is 3.55. The molecule has 0 saturated heterocycles. The normalized spacial score (nSPS) is 24.1. The fourth-order valence-electron chi connectivity index (χ4n) is 4.54. The van der Waals surface area contributed by atoms with E-state index in [0.717, 1.165) is 6.42 Å². The summed E-state index contributed by atoms with van der Waals surface area (Å²) in [5, 5.41) is 23.0. The number of halogens is 3. The van der Waals surface area contributed by atoms with E-state index in [4.69, 9.17) is 11.6 Å². The van der Waals surface area contributed by atoms with Crippen molar-refractivity contribution in [1.29, 1.82) is 0 Å². The Labute approximate surface area is 196 Å². The highest BCUT2D eigenvalue weighted by Crippen LogP contribution is 2.41. The maximum absolute atomic E-state index is 15.5. The molecule has 3 heterocycles. The van der Waals surface area contributed by atoms with Crippen LogP contribution in [-0.4, -0.2) is 53.9 Å². The monoisotopic (exact) mass is 487 g/mol. The van der Waals surface area contributed by atoms with Crippen LogP contribution in [0.5, 0.6) is 0 Å². The Balaban J connectivity index is 1.37. The van der Waals surface area contributed by atoms with Gasteiger partial charge >= 0.3 is 0 Å². The van der Waals surface area contributed by atoms with Gasteiger partial charge in [0.05, 0.1) is 52.5 Å². The van der Waals surface area contributed by atoms with Gasteiger partial charge in [-0.1, -0.05) is 11.6 Å². The fraction of sp³-hybridized carbons (Fsp3) is 0.364. The first-order valence-corrected chi connectivity index (χ1v) is 11.4. The topological polar surface area (TPSA) is 120 Å². The molecule has 1 aromatic carbocycles. The van der Waals surface area contributed by atoms with Crippen molar-refractivity contribution in [2.75, 3.05) is 10.6 Å². The van der Waals surface area contributed by atoms with Gasteiger partial charge in [-0.25, -0.2) is 13.8 Å². The van der Waals surface area contributed by atoms with E-state index in [1.807, 2.05) is 0 Å². The number of anilines is 2. The van der Waals surface area contributed by atoms with Gasteiger partial charge in [0.2, 0.25) is 5.91 Å². The molecule has 2 aliphatic rings. The van der Waals surface area contributed by atoms with E-state index in [0.29, 0.717) is 40.6 Å². The molecule has 0 radical (unpaired) electrons. The lowest BCUT2D eigenvalue weighted by atomic mass is 10.0. The number of nitrogens with zero attached hydrogens (tertiary/aromatic N) is 4. The van der Waals surface area contributed by atoms with E-state index < -0.39 is 29.9 Å². The number of aromatic amines is 1. The van der Waals surface area contributed by atoms with E-state index in [1.165, 1.54) is 6.20 Å². The number of benzene rings is 1. The number of fused-ring (bicyclic) bond motifs is 2. The number of hydrogen-bond acceptors (Lipinski definition) is 6. The molecule has 0 aliphatic heterocycles. The number of carbonyl (C=O) groups is 1. The number of imidazole rings is 1. The third-order valence-corrected chi connectivity index (χ3v) is 6.80. The molecule has 0 bridgehead atoms. The van der Waals surface area contributed by atoms with Crippen LogP contribution in [0.25, 0.3) is 27.8 Å². The fourth-order valence-corrected chi connectivity index (χ4v) is 4.83. The summed E-state index contributed by atoms with van der Waals surface area (Å²) in [6.45, 7) is 0. The van der Waals surface area contributed by atoms with Gasteiger partial charge in [0.1, 0.15) is 6.17 Å². The summed E-state index contributed by atoms with van der Waals surface area (Å²) in [6.07, 6.45) is 6.86. The number of H-pyrrole nitrogens is 1. The molecule has 4 aromatic rings. The molecule has 2 fully saturated rings. The van der Waals surface area contributed by atoms with E-state index in [-0.39, 0.29) is 29.0 Å². The molecule has 4 atom stereocenters. The van der Waals surface area contributed by atoms with Crippen LogP contribution in [0, 0.1) is 11.7 Å². The summed E-state index contributed by atoms with van der Waals surface area (Å²) >= 11 is 6.50. The number of alkyl halides is 1. The molecule has 4 N–H and O–H groups in total. The predicted octanol–water partition coefficient (Wildman–Crippen LogP) is 3.69. The van der Waals surface area contributed by atoms with Crippen molar-refractivity contribution in [3.8, 4) is 11.3 Å². The van der Waals surface area contributed by atoms with Gasteiger partial charge in [-0.15, -0.1) is 0 Å². The van der Waals surface area contributed by atoms with Crippen LogP contribution >= 0.6 is 11.6 Å².